The quantitative estimate of drug-likeness (QED) is 0.218. The lowest BCUT2D eigenvalue weighted by molar-refractivity contribution is 1.05. The van der Waals surface area contributed by atoms with E-state index in [9.17, 15) is 0 Å². The molecule has 190 valence electrons. The maximum absolute atomic E-state index is 8.51. The van der Waals surface area contributed by atoms with Crippen LogP contribution >= 0.6 is 0 Å². The summed E-state index contributed by atoms with van der Waals surface area (Å²) in [5, 5.41) is 14.2. The predicted molar refractivity (Wildman–Crippen MR) is 165 cm³/mol. The molecule has 0 aliphatic rings. The summed E-state index contributed by atoms with van der Waals surface area (Å²) in [6, 6.07) is 44.9. The van der Waals surface area contributed by atoms with Gasteiger partial charge in [0, 0.05) is 51.1 Å². The Kier molecular flexibility index (Phi) is 5.87. The minimum Gasteiger partial charge on any atom is -0.355 e. The fraction of sp³-hybridized carbons (Fsp3) is 0. The lowest BCUT2D eigenvalue weighted by Gasteiger charge is -2.15. The molecule has 2 aromatic heterocycles. The zero-order valence-electron chi connectivity index (χ0n) is 21.6. The second-order valence-electron chi connectivity index (χ2n) is 9.58. The van der Waals surface area contributed by atoms with Crippen LogP contribution in [0.3, 0.4) is 0 Å². The highest BCUT2D eigenvalue weighted by molar-refractivity contribution is 6.16. The molecule has 0 spiro atoms. The Hall–Kier alpha value is -5.55. The summed E-state index contributed by atoms with van der Waals surface area (Å²) >= 11 is 0. The van der Waals surface area contributed by atoms with Crippen LogP contribution in [0.5, 0.6) is 0 Å². The van der Waals surface area contributed by atoms with Crippen LogP contribution in [-0.4, -0.2) is 20.7 Å². The molecule has 0 saturated carbocycles. The summed E-state index contributed by atoms with van der Waals surface area (Å²) in [5.74, 6) is 1.40. The molecule has 7 rings (SSSR count). The van der Waals surface area contributed by atoms with E-state index in [1.807, 2.05) is 91.0 Å². The van der Waals surface area contributed by atoms with E-state index >= 15 is 0 Å². The highest BCUT2D eigenvalue weighted by atomic mass is 15.1. The maximum Gasteiger partial charge on any atom is 0.162 e. The molecule has 40 heavy (non-hydrogen) atoms. The van der Waals surface area contributed by atoms with Gasteiger partial charge in [0.25, 0.3) is 0 Å². The summed E-state index contributed by atoms with van der Waals surface area (Å²) in [5.41, 5.74) is 7.36. The van der Waals surface area contributed by atoms with Crippen molar-refractivity contribution in [1.29, 1.82) is 5.41 Å². The smallest absolute Gasteiger partial charge is 0.162 e. The lowest BCUT2D eigenvalue weighted by Crippen LogP contribution is -2.05. The van der Waals surface area contributed by atoms with Gasteiger partial charge in [-0.25, -0.2) is 9.97 Å². The van der Waals surface area contributed by atoms with Crippen LogP contribution in [0.15, 0.2) is 133 Å². The molecule has 2 heterocycles. The topological polar surface area (TPSA) is 66.6 Å². The molecule has 0 atom stereocenters. The average Bonchev–Trinajstić information content (AvgIpc) is 3.36. The van der Waals surface area contributed by atoms with Gasteiger partial charge in [0.05, 0.1) is 16.7 Å². The van der Waals surface area contributed by atoms with Crippen LogP contribution in [0, 0.1) is 5.41 Å². The first-order chi connectivity index (χ1) is 19.8. The van der Waals surface area contributed by atoms with Gasteiger partial charge in [-0.05, 0) is 24.3 Å². The Balaban J connectivity index is 1.55. The van der Waals surface area contributed by atoms with E-state index in [1.54, 1.807) is 0 Å². The predicted octanol–water partition coefficient (Wildman–Crippen LogP) is 8.65. The molecule has 0 saturated heterocycles. The number of hydrogen-bond acceptors (Lipinski definition) is 4. The van der Waals surface area contributed by atoms with E-state index < -0.39 is 0 Å². The highest BCUT2D eigenvalue weighted by Crippen LogP contribution is 2.37. The molecule has 0 aliphatic carbocycles. The zero-order chi connectivity index (χ0) is 26.9. The molecule has 0 amide bonds. The second kappa shape index (κ2) is 9.97. The molecular weight excluding hydrogens is 490 g/mol. The first-order valence-corrected chi connectivity index (χ1v) is 13.2. The van der Waals surface area contributed by atoms with Crippen molar-refractivity contribution in [2.75, 3.05) is 5.32 Å². The summed E-state index contributed by atoms with van der Waals surface area (Å²) in [4.78, 5) is 10.1. The number of fused-ring (bicyclic) bond motifs is 3. The molecule has 5 nitrogen and oxygen atoms in total. The Morgan fingerprint density at radius 3 is 2.00 bits per heavy atom. The van der Waals surface area contributed by atoms with E-state index in [-0.39, 0.29) is 0 Å². The Labute approximate surface area is 231 Å². The van der Waals surface area contributed by atoms with Gasteiger partial charge in [-0.1, -0.05) is 103 Å². The zero-order valence-corrected chi connectivity index (χ0v) is 21.6. The highest BCUT2D eigenvalue weighted by Gasteiger charge is 2.20. The first-order valence-electron chi connectivity index (χ1n) is 13.2. The molecule has 0 radical (unpaired) electrons. The third-order valence-corrected chi connectivity index (χ3v) is 7.12. The number of aromatic nitrogens is 3. The molecule has 0 unspecified atom stereocenters. The van der Waals surface area contributed by atoms with Crippen LogP contribution in [0.25, 0.3) is 50.3 Å². The van der Waals surface area contributed by atoms with Gasteiger partial charge in [-0.2, -0.15) is 0 Å². The summed E-state index contributed by atoms with van der Waals surface area (Å²) in [7, 11) is 0. The molecule has 5 heteroatoms. The van der Waals surface area contributed by atoms with Gasteiger partial charge in [-0.3, -0.25) is 4.57 Å². The number of nitrogens with one attached hydrogen (secondary N) is 2. The lowest BCUT2D eigenvalue weighted by atomic mass is 10.1. The van der Waals surface area contributed by atoms with E-state index in [4.69, 9.17) is 15.4 Å². The van der Waals surface area contributed by atoms with Crippen LogP contribution < -0.4 is 5.32 Å². The minimum atomic E-state index is 0.651. The number of para-hydroxylation sites is 2. The molecule has 0 fully saturated rings. The standard InChI is InChI=1S/C35H25N5/c36-23-29-30(37-26-16-8-3-9-17-26)21-20-28-27-18-10-11-19-32(27)40(34(28)29)33-22-31(24-12-4-1-5-13-24)38-35(39-33)25-14-6-2-7-15-25/h1-23,36-37H. The van der Waals surface area contributed by atoms with Gasteiger partial charge >= 0.3 is 0 Å². The van der Waals surface area contributed by atoms with Gasteiger partial charge in [-0.15, -0.1) is 0 Å². The Bertz CT molecular complexity index is 1920. The van der Waals surface area contributed by atoms with Gasteiger partial charge < -0.3 is 10.7 Å². The number of benzene rings is 5. The van der Waals surface area contributed by atoms with E-state index in [2.05, 4.69) is 52.3 Å². The largest absolute Gasteiger partial charge is 0.355 e. The third-order valence-electron chi connectivity index (χ3n) is 7.12. The van der Waals surface area contributed by atoms with Crippen LogP contribution in [0.4, 0.5) is 11.4 Å². The van der Waals surface area contributed by atoms with Crippen molar-refractivity contribution in [2.24, 2.45) is 0 Å². The SMILES string of the molecule is N=Cc1c(Nc2ccccc2)ccc2c3ccccc3n(-c3cc(-c4ccccc4)nc(-c4ccccc4)n3)c12. The summed E-state index contributed by atoms with van der Waals surface area (Å²) in [6.07, 6.45) is 1.43. The molecule has 0 aliphatic heterocycles. The van der Waals surface area contributed by atoms with Crippen LogP contribution in [0.2, 0.25) is 0 Å². The van der Waals surface area contributed by atoms with Crippen molar-refractivity contribution >= 4 is 39.4 Å². The number of nitrogens with zero attached hydrogens (tertiary/aromatic N) is 3. The van der Waals surface area contributed by atoms with Gasteiger partial charge in [0.15, 0.2) is 5.82 Å². The molecule has 7 aromatic rings. The first kappa shape index (κ1) is 23.6. The van der Waals surface area contributed by atoms with Crippen LogP contribution in [0.1, 0.15) is 5.56 Å². The van der Waals surface area contributed by atoms with Crippen molar-refractivity contribution < 1.29 is 0 Å². The average molecular weight is 516 g/mol. The molecule has 0 bridgehead atoms. The van der Waals surface area contributed by atoms with E-state index in [1.165, 1.54) is 6.21 Å². The number of anilines is 2. The Morgan fingerprint density at radius 1 is 0.625 bits per heavy atom. The summed E-state index contributed by atoms with van der Waals surface area (Å²) in [6.45, 7) is 0. The maximum atomic E-state index is 8.51. The van der Waals surface area contributed by atoms with Gasteiger partial charge in [0.2, 0.25) is 0 Å². The van der Waals surface area contributed by atoms with Crippen molar-refractivity contribution in [3.63, 3.8) is 0 Å². The molecule has 2 N–H and O–H groups in total. The number of rotatable bonds is 6. The Morgan fingerprint density at radius 2 is 1.27 bits per heavy atom. The normalized spacial score (nSPS) is 11.1. The molecular formula is C35H25N5. The van der Waals surface area contributed by atoms with Crippen molar-refractivity contribution in [3.8, 4) is 28.5 Å². The van der Waals surface area contributed by atoms with Crippen molar-refractivity contribution in [2.45, 2.75) is 0 Å². The van der Waals surface area contributed by atoms with Gasteiger partial charge in [0.1, 0.15) is 5.82 Å². The van der Waals surface area contributed by atoms with Crippen LogP contribution in [-0.2, 0) is 0 Å². The fourth-order valence-corrected chi connectivity index (χ4v) is 5.28. The fourth-order valence-electron chi connectivity index (χ4n) is 5.28. The number of hydrogen-bond donors (Lipinski definition) is 2. The van der Waals surface area contributed by atoms with E-state index in [0.717, 1.165) is 61.4 Å². The third kappa shape index (κ3) is 4.10. The van der Waals surface area contributed by atoms with Crippen molar-refractivity contribution in [3.05, 3.63) is 139 Å². The monoisotopic (exact) mass is 515 g/mol. The van der Waals surface area contributed by atoms with Crippen molar-refractivity contribution in [1.82, 2.24) is 14.5 Å². The molecule has 5 aromatic carbocycles. The second-order valence-corrected chi connectivity index (χ2v) is 9.58. The summed E-state index contributed by atoms with van der Waals surface area (Å²) < 4.78 is 2.17. The van der Waals surface area contributed by atoms with E-state index in [0.29, 0.717) is 5.82 Å². The minimum absolute atomic E-state index is 0.651.